The maximum absolute atomic E-state index is 9.58. The summed E-state index contributed by atoms with van der Waals surface area (Å²) in [5, 5.41) is 9.58. The molecule has 0 saturated carbocycles. The second-order valence-electron chi connectivity index (χ2n) is 7.40. The number of benzene rings is 1. The van der Waals surface area contributed by atoms with Crippen molar-refractivity contribution in [2.75, 3.05) is 33.4 Å². The summed E-state index contributed by atoms with van der Waals surface area (Å²) in [6, 6.07) is 8.78. The van der Waals surface area contributed by atoms with E-state index in [1.807, 2.05) is 12.4 Å². The number of hydrogen-bond donors (Lipinski definition) is 1. The van der Waals surface area contributed by atoms with E-state index in [9.17, 15) is 5.11 Å². The third-order valence-corrected chi connectivity index (χ3v) is 5.75. The normalized spacial score (nSPS) is 18.6. The van der Waals surface area contributed by atoms with Crippen LogP contribution in [0.1, 0.15) is 28.7 Å². The molecule has 1 unspecified atom stereocenters. The van der Waals surface area contributed by atoms with Crippen molar-refractivity contribution in [3.05, 3.63) is 58.9 Å². The lowest BCUT2D eigenvalue weighted by Gasteiger charge is -2.41. The van der Waals surface area contributed by atoms with E-state index in [4.69, 9.17) is 4.74 Å². The summed E-state index contributed by atoms with van der Waals surface area (Å²) in [6.07, 6.45) is 4.51. The molecule has 1 atom stereocenters. The van der Waals surface area contributed by atoms with E-state index in [1.165, 1.54) is 22.3 Å². The monoisotopic (exact) mass is 369 g/mol. The average molecular weight is 370 g/mol. The summed E-state index contributed by atoms with van der Waals surface area (Å²) < 4.78 is 5.44. The van der Waals surface area contributed by atoms with Crippen LogP contribution in [-0.2, 0) is 13.1 Å². The zero-order chi connectivity index (χ0) is 19.2. The molecule has 3 rings (SSSR count). The molecule has 0 aliphatic carbocycles. The number of hydrogen-bond acceptors (Lipinski definition) is 5. The number of aliphatic hydroxyl groups excluding tert-OH is 1. The van der Waals surface area contributed by atoms with Crippen molar-refractivity contribution in [2.24, 2.45) is 0 Å². The molecule has 146 valence electrons. The second-order valence-corrected chi connectivity index (χ2v) is 7.40. The standard InChI is InChI=1S/C22H31N3O2/c1-17-18(2)22(27-3)5-4-20(17)15-25-12-11-24(16-21(25)8-13-26)14-19-6-9-23-10-7-19/h4-7,9-10,21,26H,8,11-16H2,1-3H3. The van der Waals surface area contributed by atoms with E-state index >= 15 is 0 Å². The van der Waals surface area contributed by atoms with Crippen LogP contribution in [-0.4, -0.2) is 59.3 Å². The summed E-state index contributed by atoms with van der Waals surface area (Å²) in [5.41, 5.74) is 5.16. The van der Waals surface area contributed by atoms with Crippen molar-refractivity contribution in [1.82, 2.24) is 14.8 Å². The largest absolute Gasteiger partial charge is 0.496 e. The summed E-state index contributed by atoms with van der Waals surface area (Å²) in [5.74, 6) is 0.949. The van der Waals surface area contributed by atoms with Crippen LogP contribution in [0, 0.1) is 13.8 Å². The van der Waals surface area contributed by atoms with Crippen LogP contribution in [0.2, 0.25) is 0 Å². The highest BCUT2D eigenvalue weighted by Gasteiger charge is 2.27. The summed E-state index contributed by atoms with van der Waals surface area (Å²) in [4.78, 5) is 9.11. The lowest BCUT2D eigenvalue weighted by molar-refractivity contribution is 0.0498. The van der Waals surface area contributed by atoms with Crippen molar-refractivity contribution in [2.45, 2.75) is 39.4 Å². The molecule has 1 saturated heterocycles. The highest BCUT2D eigenvalue weighted by molar-refractivity contribution is 5.43. The smallest absolute Gasteiger partial charge is 0.122 e. The Balaban J connectivity index is 1.68. The first-order chi connectivity index (χ1) is 13.1. The Hall–Kier alpha value is -1.95. The first-order valence-electron chi connectivity index (χ1n) is 9.71. The Morgan fingerprint density at radius 1 is 1.07 bits per heavy atom. The molecule has 0 spiro atoms. The number of ether oxygens (including phenoxy) is 1. The highest BCUT2D eigenvalue weighted by atomic mass is 16.5. The number of aromatic nitrogens is 1. The number of aliphatic hydroxyl groups is 1. The molecule has 1 fully saturated rings. The minimum Gasteiger partial charge on any atom is -0.496 e. The van der Waals surface area contributed by atoms with Crippen LogP contribution in [0.3, 0.4) is 0 Å². The van der Waals surface area contributed by atoms with Gasteiger partial charge in [0.1, 0.15) is 5.75 Å². The zero-order valence-corrected chi connectivity index (χ0v) is 16.7. The first-order valence-corrected chi connectivity index (χ1v) is 9.71. The molecule has 2 heterocycles. The molecule has 1 N–H and O–H groups in total. The van der Waals surface area contributed by atoms with Gasteiger partial charge in [-0.3, -0.25) is 14.8 Å². The van der Waals surface area contributed by atoms with E-state index < -0.39 is 0 Å². The Morgan fingerprint density at radius 3 is 2.56 bits per heavy atom. The van der Waals surface area contributed by atoms with Gasteiger partial charge in [-0.05, 0) is 60.7 Å². The van der Waals surface area contributed by atoms with Gasteiger partial charge < -0.3 is 9.84 Å². The predicted octanol–water partition coefficient (Wildman–Crippen LogP) is 2.78. The molecule has 0 amide bonds. The minimum absolute atomic E-state index is 0.227. The predicted molar refractivity (Wildman–Crippen MR) is 108 cm³/mol. The highest BCUT2D eigenvalue weighted by Crippen LogP contribution is 2.26. The Bertz CT molecular complexity index is 736. The molecular weight excluding hydrogens is 338 g/mol. The fourth-order valence-corrected chi connectivity index (χ4v) is 3.94. The Kier molecular flexibility index (Phi) is 6.83. The topological polar surface area (TPSA) is 48.8 Å². The van der Waals surface area contributed by atoms with Crippen LogP contribution in [0.15, 0.2) is 36.7 Å². The molecule has 5 nitrogen and oxygen atoms in total. The van der Waals surface area contributed by atoms with Crippen LogP contribution in [0.5, 0.6) is 5.75 Å². The Labute approximate surface area is 162 Å². The zero-order valence-electron chi connectivity index (χ0n) is 16.7. The number of methoxy groups -OCH3 is 1. The van der Waals surface area contributed by atoms with Gasteiger partial charge in [0.15, 0.2) is 0 Å². The lowest BCUT2D eigenvalue weighted by Crippen LogP contribution is -2.52. The van der Waals surface area contributed by atoms with E-state index in [0.29, 0.717) is 6.04 Å². The van der Waals surface area contributed by atoms with Gasteiger partial charge in [-0.2, -0.15) is 0 Å². The first kappa shape index (κ1) is 19.8. The van der Waals surface area contributed by atoms with Crippen molar-refractivity contribution in [3.8, 4) is 5.75 Å². The molecule has 0 radical (unpaired) electrons. The van der Waals surface area contributed by atoms with Crippen molar-refractivity contribution in [1.29, 1.82) is 0 Å². The number of piperazine rings is 1. The van der Waals surface area contributed by atoms with Gasteiger partial charge in [0.2, 0.25) is 0 Å². The minimum atomic E-state index is 0.227. The van der Waals surface area contributed by atoms with Crippen LogP contribution in [0.25, 0.3) is 0 Å². The SMILES string of the molecule is COc1ccc(CN2CCN(Cc3ccncc3)CC2CCO)c(C)c1C. The van der Waals surface area contributed by atoms with E-state index in [0.717, 1.165) is 44.9 Å². The van der Waals surface area contributed by atoms with Gasteiger partial charge in [0.25, 0.3) is 0 Å². The van der Waals surface area contributed by atoms with Gasteiger partial charge in [-0.25, -0.2) is 0 Å². The van der Waals surface area contributed by atoms with E-state index in [1.54, 1.807) is 7.11 Å². The summed E-state index contributed by atoms with van der Waals surface area (Å²) >= 11 is 0. The number of nitrogens with zero attached hydrogens (tertiary/aromatic N) is 3. The third-order valence-electron chi connectivity index (χ3n) is 5.75. The van der Waals surface area contributed by atoms with Gasteiger partial charge in [-0.1, -0.05) is 6.07 Å². The van der Waals surface area contributed by atoms with Crippen LogP contribution in [0.4, 0.5) is 0 Å². The van der Waals surface area contributed by atoms with Gasteiger partial charge in [-0.15, -0.1) is 0 Å². The summed E-state index contributed by atoms with van der Waals surface area (Å²) in [6.45, 7) is 9.42. The average Bonchev–Trinajstić information content (AvgIpc) is 2.68. The maximum atomic E-state index is 9.58. The van der Waals surface area contributed by atoms with Gasteiger partial charge >= 0.3 is 0 Å². The summed E-state index contributed by atoms with van der Waals surface area (Å²) in [7, 11) is 1.72. The molecule has 27 heavy (non-hydrogen) atoms. The fourth-order valence-electron chi connectivity index (χ4n) is 3.94. The van der Waals surface area contributed by atoms with Crippen LogP contribution < -0.4 is 4.74 Å². The van der Waals surface area contributed by atoms with Crippen LogP contribution >= 0.6 is 0 Å². The molecule has 2 aromatic rings. The van der Waals surface area contributed by atoms with Crippen molar-refractivity contribution >= 4 is 0 Å². The fraction of sp³-hybridized carbons (Fsp3) is 0.500. The molecule has 1 aliphatic rings. The Morgan fingerprint density at radius 2 is 1.85 bits per heavy atom. The van der Waals surface area contributed by atoms with E-state index in [2.05, 4.69) is 52.9 Å². The molecular formula is C22H31N3O2. The molecule has 1 aromatic heterocycles. The van der Waals surface area contributed by atoms with E-state index in [-0.39, 0.29) is 6.61 Å². The second kappa shape index (κ2) is 9.31. The third kappa shape index (κ3) is 4.86. The quantitative estimate of drug-likeness (QED) is 0.813. The molecule has 1 aromatic carbocycles. The maximum Gasteiger partial charge on any atom is 0.122 e. The number of rotatable bonds is 7. The van der Waals surface area contributed by atoms with Gasteiger partial charge in [0.05, 0.1) is 7.11 Å². The van der Waals surface area contributed by atoms with Gasteiger partial charge in [0, 0.05) is 57.8 Å². The molecule has 1 aliphatic heterocycles. The van der Waals surface area contributed by atoms with Crippen molar-refractivity contribution in [3.63, 3.8) is 0 Å². The number of pyridine rings is 1. The lowest BCUT2D eigenvalue weighted by atomic mass is 10.00. The van der Waals surface area contributed by atoms with Crippen molar-refractivity contribution < 1.29 is 9.84 Å². The molecule has 5 heteroatoms. The molecule has 0 bridgehead atoms.